The van der Waals surface area contributed by atoms with E-state index in [2.05, 4.69) is 26.1 Å². The third-order valence-electron chi connectivity index (χ3n) is 3.19. The minimum atomic E-state index is -0.0926. The monoisotopic (exact) mass is 301 g/mol. The Morgan fingerprint density at radius 2 is 2.00 bits per heavy atom. The van der Waals surface area contributed by atoms with Crippen LogP contribution in [0.4, 0.5) is 0 Å². The van der Waals surface area contributed by atoms with Gasteiger partial charge in [0.25, 0.3) is 5.91 Å². The van der Waals surface area contributed by atoms with Gasteiger partial charge in [0.15, 0.2) is 0 Å². The molecule has 2 nitrogen and oxygen atoms in total. The molecule has 4 heteroatoms. The second-order valence-corrected chi connectivity index (χ2v) is 6.64. The molecule has 0 spiro atoms. The lowest BCUT2D eigenvalue weighted by atomic mass is 9.85. The lowest BCUT2D eigenvalue weighted by Crippen LogP contribution is -2.44. The second kappa shape index (κ2) is 6.62. The average molecular weight is 302 g/mol. The summed E-state index contributed by atoms with van der Waals surface area (Å²) in [5.41, 5.74) is 1.51. The van der Waals surface area contributed by atoms with Gasteiger partial charge in [0.2, 0.25) is 0 Å². The zero-order valence-electron chi connectivity index (χ0n) is 11.9. The highest BCUT2D eigenvalue weighted by Gasteiger charge is 2.26. The summed E-state index contributed by atoms with van der Waals surface area (Å²) < 4.78 is 0. The van der Waals surface area contributed by atoms with Crippen LogP contribution >= 0.6 is 23.2 Å². The van der Waals surface area contributed by atoms with Crippen LogP contribution in [-0.2, 0) is 0 Å². The topological polar surface area (TPSA) is 29.1 Å². The van der Waals surface area contributed by atoms with Crippen LogP contribution in [-0.4, -0.2) is 17.8 Å². The molecule has 1 amide bonds. The molecule has 0 bridgehead atoms. The zero-order chi connectivity index (χ0) is 14.6. The van der Waals surface area contributed by atoms with E-state index >= 15 is 0 Å². The van der Waals surface area contributed by atoms with Crippen LogP contribution in [0.25, 0.3) is 0 Å². The van der Waals surface area contributed by atoms with Crippen molar-refractivity contribution in [3.8, 4) is 0 Å². The summed E-state index contributed by atoms with van der Waals surface area (Å²) in [6.07, 6.45) is 0.746. The maximum atomic E-state index is 12.3. The Kier molecular flexibility index (Phi) is 5.69. The Morgan fingerprint density at radius 1 is 1.37 bits per heavy atom. The molecule has 19 heavy (non-hydrogen) atoms. The van der Waals surface area contributed by atoms with Gasteiger partial charge in [-0.3, -0.25) is 4.79 Å². The lowest BCUT2D eigenvalue weighted by Gasteiger charge is -2.31. The number of alkyl halides is 1. The first-order valence-electron chi connectivity index (χ1n) is 6.38. The van der Waals surface area contributed by atoms with E-state index in [-0.39, 0.29) is 17.4 Å². The maximum absolute atomic E-state index is 12.3. The van der Waals surface area contributed by atoms with E-state index in [9.17, 15) is 4.79 Å². The van der Waals surface area contributed by atoms with Gasteiger partial charge in [-0.1, -0.05) is 38.4 Å². The number of aryl methyl sites for hydroxylation is 1. The molecule has 0 aliphatic carbocycles. The quantitative estimate of drug-likeness (QED) is 0.819. The number of carbonyl (C=O) groups is 1. The smallest absolute Gasteiger partial charge is 0.251 e. The summed E-state index contributed by atoms with van der Waals surface area (Å²) in [7, 11) is 0. The predicted molar refractivity (Wildman–Crippen MR) is 82.2 cm³/mol. The summed E-state index contributed by atoms with van der Waals surface area (Å²) in [6, 6.07) is 5.38. The van der Waals surface area contributed by atoms with Gasteiger partial charge in [-0.2, -0.15) is 0 Å². The van der Waals surface area contributed by atoms with Crippen molar-refractivity contribution in [2.24, 2.45) is 5.41 Å². The van der Waals surface area contributed by atoms with Gasteiger partial charge in [-0.25, -0.2) is 0 Å². The highest BCUT2D eigenvalue weighted by molar-refractivity contribution is 6.31. The molecule has 0 radical (unpaired) electrons. The summed E-state index contributed by atoms with van der Waals surface area (Å²) in [6.45, 7) is 8.18. The molecule has 1 rings (SSSR count). The minimum Gasteiger partial charge on any atom is -0.349 e. The molecule has 1 aromatic carbocycles. The summed E-state index contributed by atoms with van der Waals surface area (Å²) in [5.74, 6) is 0.432. The van der Waals surface area contributed by atoms with Gasteiger partial charge in [0.05, 0.1) is 0 Å². The molecule has 0 fully saturated rings. The number of amides is 1. The molecule has 0 heterocycles. The van der Waals surface area contributed by atoms with Gasteiger partial charge in [-0.05, 0) is 36.5 Å². The molecule has 0 saturated carbocycles. The van der Waals surface area contributed by atoms with Crippen molar-refractivity contribution in [1.29, 1.82) is 0 Å². The fourth-order valence-electron chi connectivity index (χ4n) is 1.91. The Labute approximate surface area is 125 Å². The Balaban J connectivity index is 2.91. The van der Waals surface area contributed by atoms with E-state index in [1.165, 1.54) is 0 Å². The number of nitrogens with one attached hydrogen (secondary N) is 1. The van der Waals surface area contributed by atoms with E-state index in [4.69, 9.17) is 23.2 Å². The molecular formula is C15H21Cl2NO. The molecule has 1 aromatic rings. The van der Waals surface area contributed by atoms with Crippen LogP contribution in [0.15, 0.2) is 18.2 Å². The highest BCUT2D eigenvalue weighted by Crippen LogP contribution is 2.23. The van der Waals surface area contributed by atoms with Crippen molar-refractivity contribution in [2.45, 2.75) is 40.2 Å². The molecule has 0 aromatic heterocycles. The fourth-order valence-corrected chi connectivity index (χ4v) is 2.30. The third-order valence-corrected chi connectivity index (χ3v) is 3.65. The summed E-state index contributed by atoms with van der Waals surface area (Å²) >= 11 is 11.8. The molecule has 1 atom stereocenters. The largest absolute Gasteiger partial charge is 0.349 e. The Bertz CT molecular complexity index is 452. The number of hydrogen-bond donors (Lipinski definition) is 1. The first-order chi connectivity index (χ1) is 8.75. The number of halogens is 2. The highest BCUT2D eigenvalue weighted by atomic mass is 35.5. The average Bonchev–Trinajstić information content (AvgIpc) is 2.30. The molecular weight excluding hydrogens is 281 g/mol. The van der Waals surface area contributed by atoms with Crippen molar-refractivity contribution in [2.75, 3.05) is 5.88 Å². The van der Waals surface area contributed by atoms with Crippen molar-refractivity contribution in [3.63, 3.8) is 0 Å². The Morgan fingerprint density at radius 3 is 2.53 bits per heavy atom. The molecule has 0 aliphatic rings. The number of rotatable bonds is 4. The molecule has 106 valence electrons. The minimum absolute atomic E-state index is 0.0307. The van der Waals surface area contributed by atoms with Crippen LogP contribution in [0.2, 0.25) is 5.02 Å². The normalized spacial score (nSPS) is 13.2. The first kappa shape index (κ1) is 16.3. The van der Waals surface area contributed by atoms with Gasteiger partial charge in [0, 0.05) is 22.5 Å². The van der Waals surface area contributed by atoms with Crippen molar-refractivity contribution >= 4 is 29.1 Å². The lowest BCUT2D eigenvalue weighted by molar-refractivity contribution is 0.0900. The summed E-state index contributed by atoms with van der Waals surface area (Å²) in [5, 5.41) is 3.63. The molecule has 1 unspecified atom stereocenters. The van der Waals surface area contributed by atoms with Gasteiger partial charge in [-0.15, -0.1) is 11.6 Å². The number of benzene rings is 1. The van der Waals surface area contributed by atoms with Crippen LogP contribution in [0.3, 0.4) is 0 Å². The second-order valence-electron chi connectivity index (χ2n) is 5.83. The van der Waals surface area contributed by atoms with Crippen LogP contribution < -0.4 is 5.32 Å². The first-order valence-corrected chi connectivity index (χ1v) is 7.30. The van der Waals surface area contributed by atoms with E-state index in [1.807, 2.05) is 13.0 Å². The number of carbonyl (C=O) groups excluding carboxylic acids is 1. The fraction of sp³-hybridized carbons (Fsp3) is 0.533. The summed E-state index contributed by atoms with van der Waals surface area (Å²) in [4.78, 5) is 12.3. The maximum Gasteiger partial charge on any atom is 0.251 e. The van der Waals surface area contributed by atoms with Gasteiger partial charge in [0.1, 0.15) is 0 Å². The van der Waals surface area contributed by atoms with Crippen LogP contribution in [0, 0.1) is 12.3 Å². The predicted octanol–water partition coefficient (Wildman–Crippen LogP) is 4.42. The SMILES string of the molecule is Cc1ccc(Cl)cc1C(=O)NC(CCCl)C(C)(C)C. The van der Waals surface area contributed by atoms with Crippen LogP contribution in [0.5, 0.6) is 0 Å². The Hall–Kier alpha value is -0.730. The van der Waals surface area contributed by atoms with Gasteiger partial charge < -0.3 is 5.32 Å². The number of hydrogen-bond acceptors (Lipinski definition) is 1. The van der Waals surface area contributed by atoms with Gasteiger partial charge >= 0.3 is 0 Å². The van der Waals surface area contributed by atoms with E-state index in [1.54, 1.807) is 12.1 Å². The standard InChI is InChI=1S/C15H21Cl2NO/c1-10-5-6-11(17)9-12(10)14(19)18-13(7-8-16)15(2,3)4/h5-6,9,13H,7-8H2,1-4H3,(H,18,19). The molecule has 0 aliphatic heterocycles. The zero-order valence-corrected chi connectivity index (χ0v) is 13.4. The van der Waals surface area contributed by atoms with Crippen molar-refractivity contribution in [3.05, 3.63) is 34.3 Å². The van der Waals surface area contributed by atoms with E-state index in [0.717, 1.165) is 12.0 Å². The van der Waals surface area contributed by atoms with Crippen LogP contribution in [0.1, 0.15) is 43.1 Å². The molecule has 1 N–H and O–H groups in total. The molecule has 0 saturated heterocycles. The van der Waals surface area contributed by atoms with E-state index < -0.39 is 0 Å². The van der Waals surface area contributed by atoms with Crippen molar-refractivity contribution in [1.82, 2.24) is 5.32 Å². The third kappa shape index (κ3) is 4.70. The van der Waals surface area contributed by atoms with Crippen molar-refractivity contribution < 1.29 is 4.79 Å². The van der Waals surface area contributed by atoms with E-state index in [0.29, 0.717) is 16.5 Å².